The molecule has 0 spiro atoms. The molecule has 2 aromatic heterocycles. The zero-order chi connectivity index (χ0) is 13.9. The SMILES string of the molecule is Brc1cc2ccccc2s1.Brc1csc2ccccc12. The predicted octanol–water partition coefficient (Wildman–Crippen LogP) is 7.33. The molecule has 4 heteroatoms. The fourth-order valence-corrected chi connectivity index (χ4v) is 5.03. The van der Waals surface area contributed by atoms with Crippen molar-refractivity contribution in [1.82, 2.24) is 0 Å². The maximum absolute atomic E-state index is 3.48. The van der Waals surface area contributed by atoms with Gasteiger partial charge in [-0.2, -0.15) is 0 Å². The summed E-state index contributed by atoms with van der Waals surface area (Å²) in [5, 5.41) is 4.75. The number of hydrogen-bond donors (Lipinski definition) is 0. The summed E-state index contributed by atoms with van der Waals surface area (Å²) >= 11 is 10.5. The minimum Gasteiger partial charge on any atom is -0.143 e. The Kier molecular flexibility index (Phi) is 4.56. The normalized spacial score (nSPS) is 10.5. The van der Waals surface area contributed by atoms with E-state index in [4.69, 9.17) is 0 Å². The highest BCUT2D eigenvalue weighted by atomic mass is 79.9. The summed E-state index contributed by atoms with van der Waals surface area (Å²) in [6, 6.07) is 18.9. The molecule has 2 heterocycles. The Balaban J connectivity index is 0.000000121. The summed E-state index contributed by atoms with van der Waals surface area (Å²) < 4.78 is 5.09. The Morgan fingerprint density at radius 1 is 0.800 bits per heavy atom. The van der Waals surface area contributed by atoms with Crippen molar-refractivity contribution in [3.8, 4) is 0 Å². The summed E-state index contributed by atoms with van der Waals surface area (Å²) in [4.78, 5) is 0. The molecule has 0 aliphatic heterocycles. The van der Waals surface area contributed by atoms with E-state index >= 15 is 0 Å². The van der Waals surface area contributed by atoms with Crippen LogP contribution in [0.15, 0.2) is 68.2 Å². The molecule has 4 rings (SSSR count). The van der Waals surface area contributed by atoms with Crippen LogP contribution in [-0.2, 0) is 0 Å². The van der Waals surface area contributed by atoms with E-state index in [2.05, 4.69) is 91.8 Å². The molecule has 4 aromatic rings. The first-order valence-electron chi connectivity index (χ1n) is 6.00. The number of hydrogen-bond acceptors (Lipinski definition) is 2. The van der Waals surface area contributed by atoms with Crippen molar-refractivity contribution in [3.63, 3.8) is 0 Å². The first-order valence-corrected chi connectivity index (χ1v) is 9.28. The lowest BCUT2D eigenvalue weighted by atomic mass is 10.3. The molecule has 100 valence electrons. The molecule has 0 saturated carbocycles. The summed E-state index contributed by atoms with van der Waals surface area (Å²) in [5.41, 5.74) is 0. The van der Waals surface area contributed by atoms with E-state index in [0.717, 1.165) is 0 Å². The third-order valence-corrected chi connectivity index (χ3v) is 6.37. The van der Waals surface area contributed by atoms with Gasteiger partial charge in [-0.15, -0.1) is 22.7 Å². The maximum atomic E-state index is 3.48. The van der Waals surface area contributed by atoms with Gasteiger partial charge in [0.2, 0.25) is 0 Å². The van der Waals surface area contributed by atoms with E-state index in [9.17, 15) is 0 Å². The number of benzene rings is 2. The minimum absolute atomic E-state index is 1.20. The van der Waals surface area contributed by atoms with Gasteiger partial charge in [0.15, 0.2) is 0 Å². The van der Waals surface area contributed by atoms with Crippen molar-refractivity contribution in [1.29, 1.82) is 0 Å². The van der Waals surface area contributed by atoms with Crippen LogP contribution in [0.3, 0.4) is 0 Å². The van der Waals surface area contributed by atoms with E-state index in [1.54, 1.807) is 22.7 Å². The Hall–Kier alpha value is -0.680. The monoisotopic (exact) mass is 424 g/mol. The van der Waals surface area contributed by atoms with Crippen LogP contribution in [0, 0.1) is 0 Å². The van der Waals surface area contributed by atoms with Crippen LogP contribution in [-0.4, -0.2) is 0 Å². The number of rotatable bonds is 0. The van der Waals surface area contributed by atoms with Crippen LogP contribution in [0.2, 0.25) is 0 Å². The zero-order valence-electron chi connectivity index (χ0n) is 10.3. The van der Waals surface area contributed by atoms with Crippen LogP contribution >= 0.6 is 54.5 Å². The first-order chi connectivity index (χ1) is 9.74. The van der Waals surface area contributed by atoms with Gasteiger partial charge in [-0.1, -0.05) is 36.4 Å². The van der Waals surface area contributed by atoms with Crippen LogP contribution in [0.4, 0.5) is 0 Å². The van der Waals surface area contributed by atoms with Gasteiger partial charge in [0.05, 0.1) is 3.79 Å². The number of fused-ring (bicyclic) bond motifs is 2. The predicted molar refractivity (Wildman–Crippen MR) is 99.1 cm³/mol. The number of thiophene rings is 2. The topological polar surface area (TPSA) is 0 Å². The Morgan fingerprint density at radius 2 is 1.50 bits per heavy atom. The lowest BCUT2D eigenvalue weighted by Crippen LogP contribution is -1.59. The molecule has 0 atom stereocenters. The minimum atomic E-state index is 1.20. The molecule has 0 unspecified atom stereocenters. The van der Waals surface area contributed by atoms with Crippen molar-refractivity contribution in [3.05, 3.63) is 68.2 Å². The van der Waals surface area contributed by atoms with Crippen LogP contribution in [0.25, 0.3) is 20.2 Å². The Morgan fingerprint density at radius 3 is 2.25 bits per heavy atom. The van der Waals surface area contributed by atoms with Gasteiger partial charge in [0, 0.05) is 24.6 Å². The van der Waals surface area contributed by atoms with Crippen molar-refractivity contribution >= 4 is 74.7 Å². The highest BCUT2D eigenvalue weighted by molar-refractivity contribution is 9.11. The van der Waals surface area contributed by atoms with Gasteiger partial charge in [-0.05, 0) is 55.4 Å². The molecule has 20 heavy (non-hydrogen) atoms. The molecule has 0 aliphatic carbocycles. The van der Waals surface area contributed by atoms with E-state index in [1.807, 2.05) is 0 Å². The van der Waals surface area contributed by atoms with Crippen molar-refractivity contribution < 1.29 is 0 Å². The smallest absolute Gasteiger partial charge is 0.0711 e. The molecule has 0 N–H and O–H groups in total. The maximum Gasteiger partial charge on any atom is 0.0711 e. The number of halogens is 2. The Bertz CT molecular complexity index is 804. The molecular formula is C16H10Br2S2. The van der Waals surface area contributed by atoms with Crippen molar-refractivity contribution in [2.75, 3.05) is 0 Å². The molecule has 0 saturated heterocycles. The van der Waals surface area contributed by atoms with Crippen LogP contribution in [0.1, 0.15) is 0 Å². The van der Waals surface area contributed by atoms with E-state index in [-0.39, 0.29) is 0 Å². The van der Waals surface area contributed by atoms with Gasteiger partial charge in [0.25, 0.3) is 0 Å². The molecular weight excluding hydrogens is 416 g/mol. The Labute approximate surface area is 142 Å². The molecule has 0 bridgehead atoms. The van der Waals surface area contributed by atoms with Gasteiger partial charge < -0.3 is 0 Å². The summed E-state index contributed by atoms with van der Waals surface area (Å²) in [6.07, 6.45) is 0. The highest BCUT2D eigenvalue weighted by Gasteiger charge is 1.97. The van der Waals surface area contributed by atoms with E-state index in [0.29, 0.717) is 0 Å². The fourth-order valence-electron chi connectivity index (χ4n) is 1.89. The van der Waals surface area contributed by atoms with E-state index in [1.165, 1.54) is 28.4 Å². The van der Waals surface area contributed by atoms with Crippen molar-refractivity contribution in [2.45, 2.75) is 0 Å². The molecule has 0 amide bonds. The van der Waals surface area contributed by atoms with Crippen LogP contribution < -0.4 is 0 Å². The lowest BCUT2D eigenvalue weighted by Gasteiger charge is -1.85. The summed E-state index contributed by atoms with van der Waals surface area (Å²) in [6.45, 7) is 0. The van der Waals surface area contributed by atoms with Gasteiger partial charge in [0.1, 0.15) is 0 Å². The third-order valence-electron chi connectivity index (χ3n) is 2.83. The zero-order valence-corrected chi connectivity index (χ0v) is 15.2. The summed E-state index contributed by atoms with van der Waals surface area (Å²) in [7, 11) is 0. The van der Waals surface area contributed by atoms with E-state index < -0.39 is 0 Å². The average Bonchev–Trinajstić information content (AvgIpc) is 3.02. The van der Waals surface area contributed by atoms with Gasteiger partial charge in [-0.3, -0.25) is 0 Å². The lowest BCUT2D eigenvalue weighted by molar-refractivity contribution is 1.83. The quantitative estimate of drug-likeness (QED) is 0.276. The second kappa shape index (κ2) is 6.39. The highest BCUT2D eigenvalue weighted by Crippen LogP contribution is 2.29. The van der Waals surface area contributed by atoms with Crippen molar-refractivity contribution in [2.24, 2.45) is 0 Å². The molecule has 0 fully saturated rings. The van der Waals surface area contributed by atoms with Gasteiger partial charge in [-0.25, -0.2) is 0 Å². The molecule has 2 aromatic carbocycles. The first kappa shape index (κ1) is 14.3. The standard InChI is InChI=1S/2C8H5BrS/c9-7-5-10-8-4-2-1-3-6(7)8;9-8-5-6-3-1-2-4-7(6)10-8/h2*1-5H. The van der Waals surface area contributed by atoms with Crippen LogP contribution in [0.5, 0.6) is 0 Å². The average molecular weight is 426 g/mol. The largest absolute Gasteiger partial charge is 0.143 e. The summed E-state index contributed by atoms with van der Waals surface area (Å²) in [5.74, 6) is 0. The fraction of sp³-hybridized carbons (Fsp3) is 0. The second-order valence-electron chi connectivity index (χ2n) is 4.17. The second-order valence-corrected chi connectivity index (χ2v) is 8.40. The molecule has 0 radical (unpaired) electrons. The van der Waals surface area contributed by atoms with Gasteiger partial charge >= 0.3 is 0 Å². The third kappa shape index (κ3) is 3.14. The molecule has 0 aliphatic rings. The molecule has 0 nitrogen and oxygen atoms in total.